The fourth-order valence-corrected chi connectivity index (χ4v) is 2.89. The summed E-state index contributed by atoms with van der Waals surface area (Å²) in [4.78, 5) is 27.6. The molecule has 0 aromatic heterocycles. The van der Waals surface area contributed by atoms with E-state index in [4.69, 9.17) is 11.6 Å². The van der Waals surface area contributed by atoms with E-state index in [0.717, 1.165) is 6.42 Å². The van der Waals surface area contributed by atoms with Crippen molar-refractivity contribution in [3.63, 3.8) is 0 Å². The molecule has 1 heterocycles. The van der Waals surface area contributed by atoms with Crippen molar-refractivity contribution in [3.05, 3.63) is 34.6 Å². The molecule has 0 aliphatic carbocycles. The Hall–Kier alpha value is -1.62. The van der Waals surface area contributed by atoms with Gasteiger partial charge >= 0.3 is 0 Å². The molecule has 4 nitrogen and oxygen atoms in total. The number of rotatable bonds is 5. The van der Waals surface area contributed by atoms with Gasteiger partial charge in [0.25, 0.3) is 0 Å². The molecule has 1 aromatic rings. The molecule has 6 heteroatoms. The SMILES string of the molecule is CCC(C(=O)N(C)Cc1ccc(Cl)c(F)c1)N1CCCC1=O. The Morgan fingerprint density at radius 1 is 1.50 bits per heavy atom. The van der Waals surface area contributed by atoms with Crippen LogP contribution in [0.2, 0.25) is 5.02 Å². The molecule has 0 saturated carbocycles. The first-order valence-electron chi connectivity index (χ1n) is 7.42. The maximum atomic E-state index is 13.5. The summed E-state index contributed by atoms with van der Waals surface area (Å²) < 4.78 is 13.5. The van der Waals surface area contributed by atoms with E-state index in [1.165, 1.54) is 17.0 Å². The fourth-order valence-electron chi connectivity index (χ4n) is 2.77. The standard InChI is InChI=1S/C16H20ClFN2O2/c1-3-14(20-8-4-5-15(20)21)16(22)19(2)10-11-6-7-12(17)13(18)9-11/h6-7,9,14H,3-5,8,10H2,1-2H3. The molecule has 22 heavy (non-hydrogen) atoms. The van der Waals surface area contributed by atoms with Crippen LogP contribution in [0, 0.1) is 5.82 Å². The first kappa shape index (κ1) is 16.7. The molecular formula is C16H20ClFN2O2. The van der Waals surface area contributed by atoms with Gasteiger partial charge in [-0.3, -0.25) is 9.59 Å². The van der Waals surface area contributed by atoms with Gasteiger partial charge in [-0.15, -0.1) is 0 Å². The molecular weight excluding hydrogens is 307 g/mol. The van der Waals surface area contributed by atoms with Crippen molar-refractivity contribution in [2.24, 2.45) is 0 Å². The van der Waals surface area contributed by atoms with Gasteiger partial charge in [0.1, 0.15) is 11.9 Å². The van der Waals surface area contributed by atoms with Crippen molar-refractivity contribution >= 4 is 23.4 Å². The molecule has 1 aliphatic rings. The van der Waals surface area contributed by atoms with Crippen LogP contribution >= 0.6 is 11.6 Å². The number of benzene rings is 1. The van der Waals surface area contributed by atoms with Crippen molar-refractivity contribution in [2.45, 2.75) is 38.8 Å². The number of nitrogens with zero attached hydrogens (tertiary/aromatic N) is 2. The molecule has 1 aromatic carbocycles. The molecule has 1 saturated heterocycles. The molecule has 2 rings (SSSR count). The monoisotopic (exact) mass is 326 g/mol. The van der Waals surface area contributed by atoms with E-state index in [1.807, 2.05) is 6.92 Å². The molecule has 0 N–H and O–H groups in total. The third-order valence-electron chi connectivity index (χ3n) is 3.94. The summed E-state index contributed by atoms with van der Waals surface area (Å²) in [5.41, 5.74) is 0.667. The minimum absolute atomic E-state index is 0.0335. The van der Waals surface area contributed by atoms with E-state index >= 15 is 0 Å². The van der Waals surface area contributed by atoms with Gasteiger partial charge in [0, 0.05) is 26.6 Å². The number of amides is 2. The maximum absolute atomic E-state index is 13.5. The highest BCUT2D eigenvalue weighted by atomic mass is 35.5. The summed E-state index contributed by atoms with van der Waals surface area (Å²) in [6.07, 6.45) is 1.88. The molecule has 1 unspecified atom stereocenters. The zero-order chi connectivity index (χ0) is 16.3. The maximum Gasteiger partial charge on any atom is 0.245 e. The summed E-state index contributed by atoms with van der Waals surface area (Å²) in [7, 11) is 1.66. The van der Waals surface area contributed by atoms with Crippen LogP contribution in [0.3, 0.4) is 0 Å². The van der Waals surface area contributed by atoms with Crippen LogP contribution in [-0.4, -0.2) is 41.2 Å². The van der Waals surface area contributed by atoms with Gasteiger partial charge in [0.15, 0.2) is 0 Å². The molecule has 1 aliphatic heterocycles. The number of carbonyl (C=O) groups excluding carboxylic acids is 2. The van der Waals surface area contributed by atoms with Crippen LogP contribution in [0.5, 0.6) is 0 Å². The van der Waals surface area contributed by atoms with E-state index in [0.29, 0.717) is 24.9 Å². The Kier molecular flexibility index (Phi) is 5.40. The van der Waals surface area contributed by atoms with Gasteiger partial charge in [-0.25, -0.2) is 4.39 Å². The minimum Gasteiger partial charge on any atom is -0.340 e. The molecule has 120 valence electrons. The summed E-state index contributed by atoms with van der Waals surface area (Å²) in [5.74, 6) is -0.582. The normalized spacial score (nSPS) is 16.0. The lowest BCUT2D eigenvalue weighted by molar-refractivity contribution is -0.143. The van der Waals surface area contributed by atoms with E-state index in [2.05, 4.69) is 0 Å². The van der Waals surface area contributed by atoms with Crippen LogP contribution in [-0.2, 0) is 16.1 Å². The van der Waals surface area contributed by atoms with Crippen LogP contribution in [0.1, 0.15) is 31.7 Å². The first-order chi connectivity index (χ1) is 10.4. The lowest BCUT2D eigenvalue weighted by atomic mass is 10.1. The van der Waals surface area contributed by atoms with Crippen molar-refractivity contribution in [1.82, 2.24) is 9.80 Å². The molecule has 2 amide bonds. The van der Waals surface area contributed by atoms with Gasteiger partial charge in [-0.1, -0.05) is 24.6 Å². The van der Waals surface area contributed by atoms with Gasteiger partial charge in [-0.05, 0) is 30.5 Å². The number of likely N-dealkylation sites (N-methyl/N-ethyl adjacent to an activating group) is 1. The highest BCUT2D eigenvalue weighted by molar-refractivity contribution is 6.30. The number of hydrogen-bond donors (Lipinski definition) is 0. The average molecular weight is 327 g/mol. The van der Waals surface area contributed by atoms with Crippen LogP contribution in [0.15, 0.2) is 18.2 Å². The lowest BCUT2D eigenvalue weighted by Gasteiger charge is -2.30. The lowest BCUT2D eigenvalue weighted by Crippen LogP contribution is -2.47. The Labute approximate surface area is 134 Å². The predicted octanol–water partition coefficient (Wildman–Crippen LogP) is 2.84. The second-order valence-corrected chi connectivity index (χ2v) is 5.96. The minimum atomic E-state index is -0.498. The largest absolute Gasteiger partial charge is 0.340 e. The van der Waals surface area contributed by atoms with E-state index in [9.17, 15) is 14.0 Å². The zero-order valence-electron chi connectivity index (χ0n) is 12.8. The predicted molar refractivity (Wildman–Crippen MR) is 82.9 cm³/mol. The molecule has 1 fully saturated rings. The molecule has 0 spiro atoms. The fraction of sp³-hybridized carbons (Fsp3) is 0.500. The molecule has 0 bridgehead atoms. The number of likely N-dealkylation sites (tertiary alicyclic amines) is 1. The summed E-state index contributed by atoms with van der Waals surface area (Å²) in [6.45, 7) is 2.81. The van der Waals surface area contributed by atoms with Crippen LogP contribution in [0.4, 0.5) is 4.39 Å². The van der Waals surface area contributed by atoms with Crippen molar-refractivity contribution < 1.29 is 14.0 Å². The zero-order valence-corrected chi connectivity index (χ0v) is 13.6. The Balaban J connectivity index is 2.06. The van der Waals surface area contributed by atoms with Gasteiger partial charge in [0.2, 0.25) is 11.8 Å². The second-order valence-electron chi connectivity index (χ2n) is 5.56. The summed E-state index contributed by atoms with van der Waals surface area (Å²) in [6, 6.07) is 4.06. The molecule has 1 atom stereocenters. The highest BCUT2D eigenvalue weighted by Gasteiger charge is 2.33. The topological polar surface area (TPSA) is 40.6 Å². The van der Waals surface area contributed by atoms with Crippen LogP contribution < -0.4 is 0 Å². The van der Waals surface area contributed by atoms with Gasteiger partial charge < -0.3 is 9.80 Å². The molecule has 0 radical (unpaired) electrons. The Bertz CT molecular complexity index is 579. The number of carbonyl (C=O) groups is 2. The number of halogens is 2. The Morgan fingerprint density at radius 3 is 2.77 bits per heavy atom. The first-order valence-corrected chi connectivity index (χ1v) is 7.80. The van der Waals surface area contributed by atoms with Crippen molar-refractivity contribution in [2.75, 3.05) is 13.6 Å². The number of hydrogen-bond acceptors (Lipinski definition) is 2. The second kappa shape index (κ2) is 7.09. The summed E-state index contributed by atoms with van der Waals surface area (Å²) >= 11 is 5.66. The van der Waals surface area contributed by atoms with E-state index in [-0.39, 0.29) is 23.4 Å². The van der Waals surface area contributed by atoms with E-state index < -0.39 is 11.9 Å². The quantitative estimate of drug-likeness (QED) is 0.835. The van der Waals surface area contributed by atoms with Gasteiger partial charge in [0.05, 0.1) is 5.02 Å². The van der Waals surface area contributed by atoms with Crippen LogP contribution in [0.25, 0.3) is 0 Å². The highest BCUT2D eigenvalue weighted by Crippen LogP contribution is 2.19. The third kappa shape index (κ3) is 3.58. The van der Waals surface area contributed by atoms with Crippen molar-refractivity contribution in [1.29, 1.82) is 0 Å². The van der Waals surface area contributed by atoms with Crippen molar-refractivity contribution in [3.8, 4) is 0 Å². The smallest absolute Gasteiger partial charge is 0.245 e. The third-order valence-corrected chi connectivity index (χ3v) is 4.24. The van der Waals surface area contributed by atoms with Gasteiger partial charge in [-0.2, -0.15) is 0 Å². The van der Waals surface area contributed by atoms with E-state index in [1.54, 1.807) is 18.0 Å². The summed E-state index contributed by atoms with van der Waals surface area (Å²) in [5, 5.41) is 0.0619. The average Bonchev–Trinajstić information content (AvgIpc) is 2.90. The Morgan fingerprint density at radius 2 is 2.23 bits per heavy atom.